The number of carbonyl (C=O) groups excluding carboxylic acids is 1. The van der Waals surface area contributed by atoms with Gasteiger partial charge in [-0.05, 0) is 25.7 Å². The molecule has 6 heteroatoms. The van der Waals surface area contributed by atoms with Crippen molar-refractivity contribution in [3.05, 3.63) is 0 Å². The molecule has 0 spiro atoms. The Morgan fingerprint density at radius 1 is 1.47 bits per heavy atom. The predicted octanol–water partition coefficient (Wildman–Crippen LogP) is 1.40. The summed E-state index contributed by atoms with van der Waals surface area (Å²) in [4.78, 5) is 27.0. The van der Waals surface area contributed by atoms with Gasteiger partial charge in [-0.15, -0.1) is 0 Å². The van der Waals surface area contributed by atoms with E-state index in [2.05, 4.69) is 0 Å². The van der Waals surface area contributed by atoms with E-state index in [0.29, 0.717) is 32.5 Å². The Labute approximate surface area is 114 Å². The summed E-state index contributed by atoms with van der Waals surface area (Å²) in [5.41, 5.74) is -1.02. The Kier molecular flexibility index (Phi) is 5.60. The number of likely N-dealkylation sites (tertiary alicyclic amines) is 1. The molecule has 1 N–H and O–H groups in total. The van der Waals surface area contributed by atoms with Gasteiger partial charge in [0.2, 0.25) is 0 Å². The lowest BCUT2D eigenvalue weighted by molar-refractivity contribution is -0.148. The SMILES string of the molecule is CCC1(C(=O)O)CCCN1C(=O)N(C)CCCOC. The number of carbonyl (C=O) groups is 2. The van der Waals surface area contributed by atoms with Gasteiger partial charge in [-0.2, -0.15) is 0 Å². The van der Waals surface area contributed by atoms with E-state index in [4.69, 9.17) is 4.74 Å². The number of urea groups is 1. The predicted molar refractivity (Wildman–Crippen MR) is 71.1 cm³/mol. The average molecular weight is 272 g/mol. The molecule has 1 fully saturated rings. The molecule has 1 saturated heterocycles. The number of hydrogen-bond donors (Lipinski definition) is 1. The molecule has 1 atom stereocenters. The molecule has 0 saturated carbocycles. The van der Waals surface area contributed by atoms with Crippen molar-refractivity contribution in [1.82, 2.24) is 9.80 Å². The lowest BCUT2D eigenvalue weighted by Crippen LogP contribution is -2.56. The zero-order valence-electron chi connectivity index (χ0n) is 12.0. The standard InChI is InChI=1S/C13H24N2O4/c1-4-13(11(16)17)7-5-9-15(13)12(18)14(2)8-6-10-19-3/h4-10H2,1-3H3,(H,16,17). The van der Waals surface area contributed by atoms with Crippen LogP contribution < -0.4 is 0 Å². The van der Waals surface area contributed by atoms with Crippen molar-refractivity contribution in [2.24, 2.45) is 0 Å². The second-order valence-corrected chi connectivity index (χ2v) is 5.00. The number of ether oxygens (including phenoxy) is 1. The number of hydrogen-bond acceptors (Lipinski definition) is 3. The van der Waals surface area contributed by atoms with Gasteiger partial charge in [0, 0.05) is 33.9 Å². The third-order valence-corrected chi connectivity index (χ3v) is 3.87. The first-order chi connectivity index (χ1) is 8.99. The van der Waals surface area contributed by atoms with Crippen LogP contribution in [0.1, 0.15) is 32.6 Å². The van der Waals surface area contributed by atoms with Crippen LogP contribution in [0, 0.1) is 0 Å². The lowest BCUT2D eigenvalue weighted by Gasteiger charge is -2.36. The van der Waals surface area contributed by atoms with Crippen LogP contribution in [0.3, 0.4) is 0 Å². The number of carboxylic acid groups (broad SMARTS) is 1. The van der Waals surface area contributed by atoms with Gasteiger partial charge in [0.1, 0.15) is 5.54 Å². The second kappa shape index (κ2) is 6.75. The Hall–Kier alpha value is -1.30. The van der Waals surface area contributed by atoms with Crippen LogP contribution in [-0.2, 0) is 9.53 Å². The van der Waals surface area contributed by atoms with Gasteiger partial charge >= 0.3 is 12.0 Å². The highest BCUT2D eigenvalue weighted by Crippen LogP contribution is 2.33. The van der Waals surface area contributed by atoms with E-state index < -0.39 is 11.5 Å². The van der Waals surface area contributed by atoms with Crippen LogP contribution in [0.5, 0.6) is 0 Å². The molecule has 0 radical (unpaired) electrons. The van der Waals surface area contributed by atoms with E-state index in [-0.39, 0.29) is 6.03 Å². The fraction of sp³-hybridized carbons (Fsp3) is 0.846. The van der Waals surface area contributed by atoms with Gasteiger partial charge in [0.05, 0.1) is 0 Å². The van der Waals surface area contributed by atoms with E-state index in [9.17, 15) is 14.7 Å². The molecule has 0 bridgehead atoms. The summed E-state index contributed by atoms with van der Waals surface area (Å²) in [6, 6.07) is -0.196. The first kappa shape index (κ1) is 15.8. The molecule has 0 aromatic carbocycles. The van der Waals surface area contributed by atoms with Crippen molar-refractivity contribution in [1.29, 1.82) is 0 Å². The average Bonchev–Trinajstić information content (AvgIpc) is 2.82. The normalized spacial score (nSPS) is 22.6. The number of carboxylic acids is 1. The fourth-order valence-corrected chi connectivity index (χ4v) is 2.65. The third-order valence-electron chi connectivity index (χ3n) is 3.87. The molecular weight excluding hydrogens is 248 g/mol. The number of rotatable bonds is 6. The third kappa shape index (κ3) is 3.18. The molecule has 2 amide bonds. The maximum Gasteiger partial charge on any atom is 0.329 e. The highest BCUT2D eigenvalue weighted by atomic mass is 16.5. The molecule has 110 valence electrons. The Balaban J connectivity index is 2.71. The number of aliphatic carboxylic acids is 1. The zero-order chi connectivity index (χ0) is 14.5. The molecule has 1 heterocycles. The van der Waals surface area contributed by atoms with Gasteiger partial charge in [0.25, 0.3) is 0 Å². The smallest absolute Gasteiger partial charge is 0.329 e. The van der Waals surface area contributed by atoms with Crippen molar-refractivity contribution < 1.29 is 19.4 Å². The largest absolute Gasteiger partial charge is 0.479 e. The van der Waals surface area contributed by atoms with Gasteiger partial charge in [-0.1, -0.05) is 6.92 Å². The second-order valence-electron chi connectivity index (χ2n) is 5.00. The quantitative estimate of drug-likeness (QED) is 0.742. The monoisotopic (exact) mass is 272 g/mol. The van der Waals surface area contributed by atoms with Crippen LogP contribution in [0.4, 0.5) is 4.79 Å². The van der Waals surface area contributed by atoms with E-state index in [1.807, 2.05) is 6.92 Å². The van der Waals surface area contributed by atoms with Crippen LogP contribution in [0.15, 0.2) is 0 Å². The minimum Gasteiger partial charge on any atom is -0.479 e. The van der Waals surface area contributed by atoms with Crippen LogP contribution in [0.25, 0.3) is 0 Å². The number of nitrogens with zero attached hydrogens (tertiary/aromatic N) is 2. The minimum absolute atomic E-state index is 0.196. The topological polar surface area (TPSA) is 70.1 Å². The Bertz CT molecular complexity index is 335. The maximum absolute atomic E-state index is 12.4. The van der Waals surface area contributed by atoms with Crippen molar-refractivity contribution in [2.75, 3.05) is 33.9 Å². The molecule has 1 aliphatic rings. The van der Waals surface area contributed by atoms with Crippen molar-refractivity contribution in [2.45, 2.75) is 38.1 Å². The summed E-state index contributed by atoms with van der Waals surface area (Å²) in [5, 5.41) is 9.45. The molecule has 1 rings (SSSR count). The fourth-order valence-electron chi connectivity index (χ4n) is 2.65. The highest BCUT2D eigenvalue weighted by Gasteiger charge is 2.49. The van der Waals surface area contributed by atoms with Crippen LogP contribution in [-0.4, -0.2) is 66.3 Å². The lowest BCUT2D eigenvalue weighted by atomic mass is 9.93. The molecule has 19 heavy (non-hydrogen) atoms. The van der Waals surface area contributed by atoms with Crippen LogP contribution in [0.2, 0.25) is 0 Å². The summed E-state index contributed by atoms with van der Waals surface area (Å²) in [5.74, 6) is -0.897. The van der Waals surface area contributed by atoms with E-state index in [1.54, 1.807) is 19.1 Å². The summed E-state index contributed by atoms with van der Waals surface area (Å²) in [6.07, 6.45) is 2.48. The summed E-state index contributed by atoms with van der Waals surface area (Å²) in [6.45, 7) is 3.51. The molecule has 0 aromatic heterocycles. The number of amides is 2. The van der Waals surface area contributed by atoms with Crippen molar-refractivity contribution >= 4 is 12.0 Å². The zero-order valence-corrected chi connectivity index (χ0v) is 12.0. The molecule has 6 nitrogen and oxygen atoms in total. The first-order valence-electron chi connectivity index (χ1n) is 6.74. The van der Waals surface area contributed by atoms with Gasteiger partial charge < -0.3 is 19.6 Å². The summed E-state index contributed by atoms with van der Waals surface area (Å²) >= 11 is 0. The number of methoxy groups -OCH3 is 1. The minimum atomic E-state index is -1.02. The molecule has 1 aliphatic heterocycles. The maximum atomic E-state index is 12.4. The van der Waals surface area contributed by atoms with Gasteiger partial charge in [0.15, 0.2) is 0 Å². The highest BCUT2D eigenvalue weighted by molar-refractivity contribution is 5.87. The summed E-state index contributed by atoms with van der Waals surface area (Å²) in [7, 11) is 3.33. The molecule has 1 unspecified atom stereocenters. The van der Waals surface area contributed by atoms with Crippen molar-refractivity contribution in [3.8, 4) is 0 Å². The van der Waals surface area contributed by atoms with E-state index in [0.717, 1.165) is 12.8 Å². The van der Waals surface area contributed by atoms with Gasteiger partial charge in [-0.3, -0.25) is 0 Å². The van der Waals surface area contributed by atoms with Crippen molar-refractivity contribution in [3.63, 3.8) is 0 Å². The first-order valence-corrected chi connectivity index (χ1v) is 6.74. The van der Waals surface area contributed by atoms with Gasteiger partial charge in [-0.25, -0.2) is 9.59 Å². The molecular formula is C13H24N2O4. The molecule has 0 aliphatic carbocycles. The van der Waals surface area contributed by atoms with E-state index >= 15 is 0 Å². The Morgan fingerprint density at radius 3 is 2.68 bits per heavy atom. The summed E-state index contributed by atoms with van der Waals surface area (Å²) < 4.78 is 4.95. The van der Waals surface area contributed by atoms with Crippen LogP contribution >= 0.6 is 0 Å². The molecule has 0 aromatic rings. The van der Waals surface area contributed by atoms with E-state index in [1.165, 1.54) is 4.90 Å². The Morgan fingerprint density at radius 2 is 2.16 bits per heavy atom.